The number of nitrogens with two attached hydrogens (primary N) is 1. The lowest BCUT2D eigenvalue weighted by Gasteiger charge is -2.00. The summed E-state index contributed by atoms with van der Waals surface area (Å²) in [5.41, 5.74) is 9.24. The number of aromatic hydroxyl groups is 1. The fourth-order valence-electron chi connectivity index (χ4n) is 1.97. The summed E-state index contributed by atoms with van der Waals surface area (Å²) in [5, 5.41) is 12.3. The zero-order valence-electron chi connectivity index (χ0n) is 10.9. The normalized spacial score (nSPS) is 10.9. The highest BCUT2D eigenvalue weighted by atomic mass is 32.1. The molecule has 1 aromatic carbocycles. The van der Waals surface area contributed by atoms with Crippen LogP contribution in [0.15, 0.2) is 29.6 Å². The number of thiazole rings is 1. The molecule has 0 radical (unpaired) electrons. The molecule has 0 saturated heterocycles. The van der Waals surface area contributed by atoms with E-state index in [9.17, 15) is 5.11 Å². The Morgan fingerprint density at radius 2 is 2.00 bits per heavy atom. The summed E-state index contributed by atoms with van der Waals surface area (Å²) in [7, 11) is 0. The second-order valence-electron chi connectivity index (χ2n) is 4.45. The maximum atomic E-state index is 9.39. The van der Waals surface area contributed by atoms with Gasteiger partial charge >= 0.3 is 0 Å². The van der Waals surface area contributed by atoms with Gasteiger partial charge in [-0.1, -0.05) is 0 Å². The molecule has 0 spiro atoms. The van der Waals surface area contributed by atoms with Gasteiger partial charge in [0.2, 0.25) is 0 Å². The van der Waals surface area contributed by atoms with Crippen LogP contribution in [0.25, 0.3) is 22.0 Å². The van der Waals surface area contributed by atoms with Crippen molar-refractivity contribution in [2.45, 2.75) is 13.5 Å². The Bertz CT molecular complexity index is 730. The molecule has 0 amide bonds. The van der Waals surface area contributed by atoms with E-state index in [0.29, 0.717) is 6.54 Å². The first-order chi connectivity index (χ1) is 9.67. The minimum atomic E-state index is 0.231. The first-order valence-corrected chi connectivity index (χ1v) is 7.06. The SMILES string of the molecule is Cc1csc(-c2[nH]c(CN)nc2-c2ccc(O)cc2)n1. The molecule has 0 unspecified atom stereocenters. The van der Waals surface area contributed by atoms with Gasteiger partial charge in [-0.2, -0.15) is 0 Å². The highest BCUT2D eigenvalue weighted by Gasteiger charge is 2.16. The van der Waals surface area contributed by atoms with Gasteiger partial charge in [-0.05, 0) is 31.2 Å². The smallest absolute Gasteiger partial charge is 0.142 e. The maximum absolute atomic E-state index is 9.39. The highest BCUT2D eigenvalue weighted by Crippen LogP contribution is 2.32. The van der Waals surface area contributed by atoms with Crippen LogP contribution >= 0.6 is 11.3 Å². The van der Waals surface area contributed by atoms with Crippen molar-refractivity contribution in [2.24, 2.45) is 5.73 Å². The average Bonchev–Trinajstić information content (AvgIpc) is 3.05. The molecule has 2 heterocycles. The van der Waals surface area contributed by atoms with Crippen molar-refractivity contribution in [2.75, 3.05) is 0 Å². The van der Waals surface area contributed by atoms with Gasteiger partial charge in [-0.15, -0.1) is 11.3 Å². The van der Waals surface area contributed by atoms with Crippen molar-refractivity contribution in [3.63, 3.8) is 0 Å². The Kier molecular flexibility index (Phi) is 3.25. The molecule has 0 saturated carbocycles. The van der Waals surface area contributed by atoms with E-state index in [0.717, 1.165) is 33.5 Å². The fraction of sp³-hybridized carbons (Fsp3) is 0.143. The molecule has 20 heavy (non-hydrogen) atoms. The predicted molar refractivity (Wildman–Crippen MR) is 79.4 cm³/mol. The fourth-order valence-corrected chi connectivity index (χ4v) is 2.77. The molecule has 0 aliphatic heterocycles. The van der Waals surface area contributed by atoms with E-state index in [2.05, 4.69) is 15.0 Å². The average molecular weight is 286 g/mol. The number of aryl methyl sites for hydroxylation is 1. The molecule has 0 fully saturated rings. The van der Waals surface area contributed by atoms with Gasteiger partial charge in [0.05, 0.1) is 12.2 Å². The van der Waals surface area contributed by atoms with Crippen molar-refractivity contribution in [1.29, 1.82) is 0 Å². The van der Waals surface area contributed by atoms with Gasteiger partial charge < -0.3 is 15.8 Å². The zero-order chi connectivity index (χ0) is 14.1. The number of benzene rings is 1. The number of nitrogens with zero attached hydrogens (tertiary/aromatic N) is 2. The van der Waals surface area contributed by atoms with E-state index in [1.165, 1.54) is 0 Å². The first kappa shape index (κ1) is 12.8. The number of imidazole rings is 1. The summed E-state index contributed by atoms with van der Waals surface area (Å²) in [6.07, 6.45) is 0. The number of aromatic amines is 1. The van der Waals surface area contributed by atoms with Crippen LogP contribution in [0.2, 0.25) is 0 Å². The number of phenolic OH excluding ortho intramolecular Hbond substituents is 1. The Morgan fingerprint density at radius 1 is 1.25 bits per heavy atom. The summed E-state index contributed by atoms with van der Waals surface area (Å²) in [6, 6.07) is 6.94. The van der Waals surface area contributed by atoms with Gasteiger partial charge in [0, 0.05) is 16.6 Å². The third-order valence-electron chi connectivity index (χ3n) is 2.92. The second-order valence-corrected chi connectivity index (χ2v) is 5.31. The van der Waals surface area contributed by atoms with Crippen LogP contribution in [0.4, 0.5) is 0 Å². The van der Waals surface area contributed by atoms with E-state index >= 15 is 0 Å². The predicted octanol–water partition coefficient (Wildman–Crippen LogP) is 2.67. The minimum Gasteiger partial charge on any atom is -0.508 e. The monoisotopic (exact) mass is 286 g/mol. The summed E-state index contributed by atoms with van der Waals surface area (Å²) in [6.45, 7) is 2.30. The van der Waals surface area contributed by atoms with E-state index in [1.807, 2.05) is 24.4 Å². The molecule has 6 heteroatoms. The van der Waals surface area contributed by atoms with E-state index in [-0.39, 0.29) is 5.75 Å². The Labute approximate surface area is 120 Å². The van der Waals surface area contributed by atoms with E-state index < -0.39 is 0 Å². The third kappa shape index (κ3) is 2.31. The largest absolute Gasteiger partial charge is 0.508 e. The molecule has 4 N–H and O–H groups in total. The number of nitrogens with one attached hydrogen (secondary N) is 1. The van der Waals surface area contributed by atoms with Gasteiger partial charge in [-0.3, -0.25) is 0 Å². The van der Waals surface area contributed by atoms with E-state index in [4.69, 9.17) is 5.73 Å². The molecule has 5 nitrogen and oxygen atoms in total. The van der Waals surface area contributed by atoms with Crippen LogP contribution in [0.5, 0.6) is 5.75 Å². The summed E-state index contributed by atoms with van der Waals surface area (Å²) < 4.78 is 0. The van der Waals surface area contributed by atoms with Gasteiger partial charge in [0.1, 0.15) is 22.3 Å². The van der Waals surface area contributed by atoms with Crippen molar-refractivity contribution in [3.8, 4) is 27.7 Å². The minimum absolute atomic E-state index is 0.231. The number of hydrogen-bond acceptors (Lipinski definition) is 5. The quantitative estimate of drug-likeness (QED) is 0.690. The van der Waals surface area contributed by atoms with Crippen molar-refractivity contribution in [3.05, 3.63) is 41.2 Å². The Hall–Kier alpha value is -2.18. The summed E-state index contributed by atoms with van der Waals surface area (Å²) in [4.78, 5) is 12.2. The maximum Gasteiger partial charge on any atom is 0.142 e. The third-order valence-corrected chi connectivity index (χ3v) is 3.90. The molecule has 0 aliphatic carbocycles. The van der Waals surface area contributed by atoms with Crippen LogP contribution < -0.4 is 5.73 Å². The van der Waals surface area contributed by atoms with Crippen LogP contribution in [0.1, 0.15) is 11.5 Å². The van der Waals surface area contributed by atoms with Crippen LogP contribution in [-0.2, 0) is 6.54 Å². The van der Waals surface area contributed by atoms with Crippen LogP contribution in [0, 0.1) is 6.92 Å². The molecule has 3 rings (SSSR count). The topological polar surface area (TPSA) is 87.8 Å². The van der Waals surface area contributed by atoms with Crippen LogP contribution in [0.3, 0.4) is 0 Å². The van der Waals surface area contributed by atoms with Crippen molar-refractivity contribution < 1.29 is 5.11 Å². The van der Waals surface area contributed by atoms with Gasteiger partial charge in [0.15, 0.2) is 0 Å². The molecule has 0 atom stereocenters. The molecular weight excluding hydrogens is 272 g/mol. The lowest BCUT2D eigenvalue weighted by molar-refractivity contribution is 0.475. The van der Waals surface area contributed by atoms with E-state index in [1.54, 1.807) is 23.5 Å². The number of phenols is 1. The molecule has 102 valence electrons. The van der Waals surface area contributed by atoms with Gasteiger partial charge in [0.25, 0.3) is 0 Å². The van der Waals surface area contributed by atoms with Crippen molar-refractivity contribution in [1.82, 2.24) is 15.0 Å². The summed E-state index contributed by atoms with van der Waals surface area (Å²) >= 11 is 1.57. The summed E-state index contributed by atoms with van der Waals surface area (Å²) in [5.74, 6) is 0.950. The van der Waals surface area contributed by atoms with Gasteiger partial charge in [-0.25, -0.2) is 9.97 Å². The second kappa shape index (κ2) is 5.07. The Balaban J connectivity index is 2.14. The Morgan fingerprint density at radius 3 is 2.60 bits per heavy atom. The number of hydrogen-bond donors (Lipinski definition) is 3. The number of rotatable bonds is 3. The lowest BCUT2D eigenvalue weighted by Crippen LogP contribution is -1.97. The molecule has 3 aromatic rings. The standard InChI is InChI=1S/C14H14N4OS/c1-8-7-20-14(16-8)13-12(17-11(6-15)18-13)9-2-4-10(19)5-3-9/h2-5,7,19H,6,15H2,1H3,(H,17,18). The highest BCUT2D eigenvalue weighted by molar-refractivity contribution is 7.13. The number of H-pyrrole nitrogens is 1. The first-order valence-electron chi connectivity index (χ1n) is 6.18. The molecule has 2 aromatic heterocycles. The van der Waals surface area contributed by atoms with Crippen LogP contribution in [-0.4, -0.2) is 20.1 Å². The molecule has 0 bridgehead atoms. The molecular formula is C14H14N4OS. The zero-order valence-corrected chi connectivity index (χ0v) is 11.7. The molecule has 0 aliphatic rings. The number of aromatic nitrogens is 3. The van der Waals surface area contributed by atoms with Crippen molar-refractivity contribution >= 4 is 11.3 Å². The lowest BCUT2D eigenvalue weighted by atomic mass is 10.1.